The standard InChI is InChI=1S/C12H8ClNO2/c1-6-4-10(13)14-12-7(6)2-3-9-11(12)8(15)5-16-9/h2-4H,5H2,1H3. The first-order valence-corrected chi connectivity index (χ1v) is 5.30. The van der Waals surface area contributed by atoms with Crippen LogP contribution in [0.2, 0.25) is 5.15 Å². The zero-order valence-corrected chi connectivity index (χ0v) is 9.34. The summed E-state index contributed by atoms with van der Waals surface area (Å²) in [5.74, 6) is 0.571. The Morgan fingerprint density at radius 2 is 2.25 bits per heavy atom. The summed E-state index contributed by atoms with van der Waals surface area (Å²) in [6.07, 6.45) is 0. The van der Waals surface area contributed by atoms with Gasteiger partial charge in [0.15, 0.2) is 6.61 Å². The molecule has 16 heavy (non-hydrogen) atoms. The van der Waals surface area contributed by atoms with Gasteiger partial charge in [0.25, 0.3) is 0 Å². The van der Waals surface area contributed by atoms with Gasteiger partial charge in [0, 0.05) is 5.39 Å². The molecule has 3 nitrogen and oxygen atoms in total. The first-order valence-electron chi connectivity index (χ1n) is 4.92. The van der Waals surface area contributed by atoms with E-state index in [1.54, 1.807) is 6.07 Å². The zero-order valence-electron chi connectivity index (χ0n) is 8.58. The number of ketones is 1. The Balaban J connectivity index is 2.49. The Bertz CT molecular complexity index is 622. The molecular formula is C12H8ClNO2. The number of benzene rings is 1. The molecule has 0 amide bonds. The van der Waals surface area contributed by atoms with E-state index in [0.29, 0.717) is 22.0 Å². The maximum atomic E-state index is 11.7. The van der Waals surface area contributed by atoms with Gasteiger partial charge in [-0.05, 0) is 30.7 Å². The monoisotopic (exact) mass is 233 g/mol. The van der Waals surface area contributed by atoms with Crippen LogP contribution in [0.4, 0.5) is 0 Å². The number of nitrogens with zero attached hydrogens (tertiary/aromatic N) is 1. The fraction of sp³-hybridized carbons (Fsp3) is 0.167. The van der Waals surface area contributed by atoms with E-state index in [9.17, 15) is 4.79 Å². The average Bonchev–Trinajstić information content (AvgIpc) is 2.60. The summed E-state index contributed by atoms with van der Waals surface area (Å²) in [5, 5.41) is 1.35. The van der Waals surface area contributed by atoms with Crippen LogP contribution >= 0.6 is 11.6 Å². The highest BCUT2D eigenvalue weighted by atomic mass is 35.5. The topological polar surface area (TPSA) is 39.2 Å². The number of hydrogen-bond acceptors (Lipinski definition) is 3. The number of rotatable bonds is 0. The molecule has 1 aromatic carbocycles. The van der Waals surface area contributed by atoms with Gasteiger partial charge in [0.05, 0.1) is 11.1 Å². The Labute approximate surface area is 97.0 Å². The summed E-state index contributed by atoms with van der Waals surface area (Å²) in [5.41, 5.74) is 2.21. The van der Waals surface area contributed by atoms with Crippen molar-refractivity contribution in [3.05, 3.63) is 34.5 Å². The van der Waals surface area contributed by atoms with E-state index in [1.807, 2.05) is 19.1 Å². The molecular weight excluding hydrogens is 226 g/mol. The number of aromatic nitrogens is 1. The highest BCUT2D eigenvalue weighted by Gasteiger charge is 2.25. The Morgan fingerprint density at radius 1 is 1.44 bits per heavy atom. The minimum atomic E-state index is -0.0326. The van der Waals surface area contributed by atoms with Crippen LogP contribution < -0.4 is 4.74 Å². The Morgan fingerprint density at radius 3 is 3.06 bits per heavy atom. The largest absolute Gasteiger partial charge is 0.485 e. The van der Waals surface area contributed by atoms with Gasteiger partial charge >= 0.3 is 0 Å². The van der Waals surface area contributed by atoms with Gasteiger partial charge in [-0.2, -0.15) is 0 Å². The van der Waals surface area contributed by atoms with Crippen LogP contribution in [0.15, 0.2) is 18.2 Å². The molecule has 0 spiro atoms. The molecule has 0 radical (unpaired) electrons. The van der Waals surface area contributed by atoms with Crippen molar-refractivity contribution < 1.29 is 9.53 Å². The van der Waals surface area contributed by atoms with Crippen molar-refractivity contribution in [2.75, 3.05) is 6.61 Å². The second-order valence-corrected chi connectivity index (χ2v) is 4.20. The number of carbonyl (C=O) groups excluding carboxylic acids is 1. The average molecular weight is 234 g/mol. The molecule has 1 aliphatic rings. The maximum absolute atomic E-state index is 11.7. The lowest BCUT2D eigenvalue weighted by Gasteiger charge is -2.05. The van der Waals surface area contributed by atoms with Gasteiger partial charge in [-0.1, -0.05) is 11.6 Å². The molecule has 0 N–H and O–H groups in total. The van der Waals surface area contributed by atoms with E-state index in [2.05, 4.69) is 4.98 Å². The summed E-state index contributed by atoms with van der Waals surface area (Å²) >= 11 is 5.91. The quantitative estimate of drug-likeness (QED) is 0.657. The summed E-state index contributed by atoms with van der Waals surface area (Å²) in [7, 11) is 0. The molecule has 0 aliphatic carbocycles. The molecule has 2 heterocycles. The summed E-state index contributed by atoms with van der Waals surface area (Å²) in [6, 6.07) is 5.51. The molecule has 2 aromatic rings. The first kappa shape index (κ1) is 9.60. The van der Waals surface area contributed by atoms with E-state index in [1.165, 1.54) is 0 Å². The van der Waals surface area contributed by atoms with E-state index < -0.39 is 0 Å². The second kappa shape index (κ2) is 3.19. The van der Waals surface area contributed by atoms with Crippen molar-refractivity contribution in [2.24, 2.45) is 0 Å². The molecule has 1 aromatic heterocycles. The molecule has 0 saturated carbocycles. The third kappa shape index (κ3) is 1.21. The molecule has 0 fully saturated rings. The third-order valence-corrected chi connectivity index (χ3v) is 2.95. The fourth-order valence-corrected chi connectivity index (χ4v) is 2.26. The zero-order chi connectivity index (χ0) is 11.3. The third-order valence-electron chi connectivity index (χ3n) is 2.76. The lowest BCUT2D eigenvalue weighted by molar-refractivity contribution is 0.0962. The second-order valence-electron chi connectivity index (χ2n) is 3.81. The lowest BCUT2D eigenvalue weighted by atomic mass is 10.0. The number of hydrogen-bond donors (Lipinski definition) is 0. The number of carbonyl (C=O) groups is 1. The van der Waals surface area contributed by atoms with E-state index in [-0.39, 0.29) is 12.4 Å². The number of ether oxygens (including phenoxy) is 1. The molecule has 0 saturated heterocycles. The number of halogens is 1. The highest BCUT2D eigenvalue weighted by molar-refractivity contribution is 6.30. The molecule has 4 heteroatoms. The minimum absolute atomic E-state index is 0.0326. The Hall–Kier alpha value is -1.61. The van der Waals surface area contributed by atoms with Gasteiger partial charge in [-0.25, -0.2) is 4.98 Å². The van der Waals surface area contributed by atoms with Crippen LogP contribution in [-0.2, 0) is 0 Å². The number of pyridine rings is 1. The highest BCUT2D eigenvalue weighted by Crippen LogP contribution is 2.33. The van der Waals surface area contributed by atoms with Crippen molar-refractivity contribution in [2.45, 2.75) is 6.92 Å². The van der Waals surface area contributed by atoms with Gasteiger partial charge in [0.1, 0.15) is 10.9 Å². The van der Waals surface area contributed by atoms with Crippen LogP contribution in [0.1, 0.15) is 15.9 Å². The smallest absolute Gasteiger partial charge is 0.206 e. The van der Waals surface area contributed by atoms with Crippen LogP contribution in [0.5, 0.6) is 5.75 Å². The predicted octanol–water partition coefficient (Wildman–Crippen LogP) is 2.77. The van der Waals surface area contributed by atoms with Crippen LogP contribution in [-0.4, -0.2) is 17.4 Å². The van der Waals surface area contributed by atoms with Crippen LogP contribution in [0.25, 0.3) is 10.9 Å². The van der Waals surface area contributed by atoms with Gasteiger partial charge in [-0.3, -0.25) is 4.79 Å². The number of fused-ring (bicyclic) bond motifs is 3. The summed E-state index contributed by atoms with van der Waals surface area (Å²) in [6.45, 7) is 2.05. The normalized spacial score (nSPS) is 14.0. The Kier molecular flexibility index (Phi) is 1.91. The fourth-order valence-electron chi connectivity index (χ4n) is 2.01. The van der Waals surface area contributed by atoms with E-state index >= 15 is 0 Å². The molecule has 0 bridgehead atoms. The van der Waals surface area contributed by atoms with E-state index in [4.69, 9.17) is 16.3 Å². The van der Waals surface area contributed by atoms with Crippen molar-refractivity contribution in [3.8, 4) is 5.75 Å². The molecule has 0 unspecified atom stereocenters. The lowest BCUT2D eigenvalue weighted by Crippen LogP contribution is -2.00. The summed E-state index contributed by atoms with van der Waals surface area (Å²) < 4.78 is 5.27. The number of aryl methyl sites for hydroxylation is 1. The molecule has 80 valence electrons. The first-order chi connectivity index (χ1) is 7.66. The van der Waals surface area contributed by atoms with Crippen LogP contribution in [0.3, 0.4) is 0 Å². The van der Waals surface area contributed by atoms with Gasteiger partial charge < -0.3 is 4.74 Å². The number of Topliss-reactive ketones (excluding diaryl/α,β-unsaturated/α-hetero) is 1. The van der Waals surface area contributed by atoms with Crippen LogP contribution in [0, 0.1) is 6.92 Å². The van der Waals surface area contributed by atoms with Crippen molar-refractivity contribution in [3.63, 3.8) is 0 Å². The van der Waals surface area contributed by atoms with Gasteiger partial charge in [0.2, 0.25) is 5.78 Å². The van der Waals surface area contributed by atoms with Crippen molar-refractivity contribution in [1.29, 1.82) is 0 Å². The van der Waals surface area contributed by atoms with E-state index in [0.717, 1.165) is 10.9 Å². The van der Waals surface area contributed by atoms with Crippen molar-refractivity contribution >= 4 is 28.3 Å². The van der Waals surface area contributed by atoms with Gasteiger partial charge in [-0.15, -0.1) is 0 Å². The SMILES string of the molecule is Cc1cc(Cl)nc2c3c(ccc12)OCC3=O. The maximum Gasteiger partial charge on any atom is 0.206 e. The molecule has 1 aliphatic heterocycles. The molecule has 0 atom stereocenters. The molecule has 3 rings (SSSR count). The summed E-state index contributed by atoms with van der Waals surface area (Å²) in [4.78, 5) is 15.9. The van der Waals surface area contributed by atoms with Crippen molar-refractivity contribution in [1.82, 2.24) is 4.98 Å². The minimum Gasteiger partial charge on any atom is -0.485 e. The predicted molar refractivity (Wildman–Crippen MR) is 61.3 cm³/mol.